The summed E-state index contributed by atoms with van der Waals surface area (Å²) in [5.74, 6) is 0.685. The van der Waals surface area contributed by atoms with Gasteiger partial charge in [-0.2, -0.15) is 10.4 Å². The quantitative estimate of drug-likeness (QED) is 0.473. The van der Waals surface area contributed by atoms with Gasteiger partial charge in [0.2, 0.25) is 0 Å². The van der Waals surface area contributed by atoms with Crippen LogP contribution in [0.4, 0.5) is 4.79 Å². The van der Waals surface area contributed by atoms with Crippen LogP contribution in [0.2, 0.25) is 0 Å². The Labute approximate surface area is 199 Å². The minimum atomic E-state index is 0.0604. The highest BCUT2D eigenvalue weighted by atomic mass is 16.2. The molecule has 0 radical (unpaired) electrons. The number of nitriles is 1. The average molecular weight is 462 g/mol. The number of hydrogen-bond acceptors (Lipinski definition) is 6. The van der Waals surface area contributed by atoms with E-state index in [4.69, 9.17) is 5.26 Å². The van der Waals surface area contributed by atoms with Gasteiger partial charge < -0.3 is 15.2 Å². The molecule has 4 heterocycles. The molecule has 10 nitrogen and oxygen atoms in total. The van der Waals surface area contributed by atoms with Crippen LogP contribution in [0.15, 0.2) is 31.0 Å². The van der Waals surface area contributed by atoms with E-state index in [0.29, 0.717) is 12.3 Å². The van der Waals surface area contributed by atoms with Gasteiger partial charge in [-0.05, 0) is 37.7 Å². The van der Waals surface area contributed by atoms with Gasteiger partial charge in [0.25, 0.3) is 0 Å². The predicted molar refractivity (Wildman–Crippen MR) is 128 cm³/mol. The third kappa shape index (κ3) is 5.20. The van der Waals surface area contributed by atoms with Crippen molar-refractivity contribution in [2.75, 3.05) is 32.7 Å². The molecule has 1 saturated carbocycles. The molecule has 178 valence electrons. The van der Waals surface area contributed by atoms with Crippen molar-refractivity contribution in [2.45, 2.75) is 44.7 Å². The Morgan fingerprint density at radius 1 is 1.26 bits per heavy atom. The zero-order valence-electron chi connectivity index (χ0n) is 19.4. The molecule has 0 bridgehead atoms. The Morgan fingerprint density at radius 2 is 2.12 bits per heavy atom. The molecule has 1 saturated heterocycles. The van der Waals surface area contributed by atoms with E-state index in [1.165, 1.54) is 12.8 Å². The summed E-state index contributed by atoms with van der Waals surface area (Å²) >= 11 is 0. The number of aromatic amines is 1. The summed E-state index contributed by atoms with van der Waals surface area (Å²) in [5, 5.41) is 17.7. The van der Waals surface area contributed by atoms with E-state index in [1.54, 1.807) is 6.33 Å². The maximum Gasteiger partial charge on any atom is 0.317 e. The molecule has 0 spiro atoms. The Hall–Kier alpha value is -3.45. The molecule has 0 aromatic carbocycles. The number of rotatable bonds is 9. The van der Waals surface area contributed by atoms with E-state index < -0.39 is 0 Å². The molecule has 2 amide bonds. The number of urea groups is 1. The first-order chi connectivity index (χ1) is 16.7. The number of fused-ring (bicyclic) bond motifs is 1. The summed E-state index contributed by atoms with van der Waals surface area (Å²) in [7, 11) is 0. The SMILES string of the molecule is N#CCCC[C@@H](Cn1cc(-c2ncnc3[nH]ccc23)cn1)N1CCN(C(=O)NCC2CC2)CC1. The summed E-state index contributed by atoms with van der Waals surface area (Å²) in [6, 6.07) is 4.56. The predicted octanol–water partition coefficient (Wildman–Crippen LogP) is 2.62. The Bertz CT molecular complexity index is 1150. The summed E-state index contributed by atoms with van der Waals surface area (Å²) in [6.45, 7) is 4.65. The van der Waals surface area contributed by atoms with Gasteiger partial charge in [0.1, 0.15) is 12.0 Å². The molecular formula is C24H31N9O. The zero-order chi connectivity index (χ0) is 23.3. The van der Waals surface area contributed by atoms with Gasteiger partial charge in [-0.15, -0.1) is 0 Å². The van der Waals surface area contributed by atoms with Gasteiger partial charge in [-0.3, -0.25) is 9.58 Å². The molecule has 0 unspecified atom stereocenters. The number of H-pyrrole nitrogens is 1. The van der Waals surface area contributed by atoms with Crippen LogP contribution < -0.4 is 5.32 Å². The van der Waals surface area contributed by atoms with Crippen molar-refractivity contribution in [3.63, 3.8) is 0 Å². The molecule has 3 aromatic heterocycles. The van der Waals surface area contributed by atoms with E-state index >= 15 is 0 Å². The fourth-order valence-corrected chi connectivity index (χ4v) is 4.67. The number of piperazine rings is 1. The van der Waals surface area contributed by atoms with Crippen LogP contribution in [0.5, 0.6) is 0 Å². The van der Waals surface area contributed by atoms with Crippen molar-refractivity contribution in [1.29, 1.82) is 5.26 Å². The number of carbonyl (C=O) groups excluding carboxylic acids is 1. The minimum Gasteiger partial charge on any atom is -0.346 e. The fraction of sp³-hybridized carbons (Fsp3) is 0.542. The molecule has 3 aromatic rings. The van der Waals surface area contributed by atoms with Crippen molar-refractivity contribution < 1.29 is 4.79 Å². The van der Waals surface area contributed by atoms with Crippen LogP contribution in [0.1, 0.15) is 32.1 Å². The Morgan fingerprint density at radius 3 is 2.91 bits per heavy atom. The first-order valence-corrected chi connectivity index (χ1v) is 12.2. The number of unbranched alkanes of at least 4 members (excludes halogenated alkanes) is 1. The van der Waals surface area contributed by atoms with Gasteiger partial charge in [0.15, 0.2) is 0 Å². The largest absolute Gasteiger partial charge is 0.346 e. The number of carbonyl (C=O) groups is 1. The Balaban J connectivity index is 1.23. The highest BCUT2D eigenvalue weighted by molar-refractivity contribution is 5.89. The fourth-order valence-electron chi connectivity index (χ4n) is 4.67. The molecular weight excluding hydrogens is 430 g/mol. The highest BCUT2D eigenvalue weighted by Crippen LogP contribution is 2.27. The van der Waals surface area contributed by atoms with E-state index in [1.807, 2.05) is 34.2 Å². The second-order valence-corrected chi connectivity index (χ2v) is 9.27. The molecule has 1 atom stereocenters. The van der Waals surface area contributed by atoms with Gasteiger partial charge in [0, 0.05) is 68.5 Å². The van der Waals surface area contributed by atoms with Crippen LogP contribution in [0.25, 0.3) is 22.3 Å². The number of nitrogens with zero attached hydrogens (tertiary/aromatic N) is 7. The number of hydrogen-bond donors (Lipinski definition) is 2. The van der Waals surface area contributed by atoms with Crippen LogP contribution in [0, 0.1) is 17.2 Å². The lowest BCUT2D eigenvalue weighted by Crippen LogP contribution is -2.55. The van der Waals surface area contributed by atoms with E-state index in [-0.39, 0.29) is 12.1 Å². The normalized spacial score (nSPS) is 17.6. The standard InChI is InChI=1S/C24H31N9O/c25-7-2-1-3-20(31-9-11-32(12-10-31)24(34)27-13-18-4-5-18)16-33-15-19(14-30-33)22-21-6-8-26-23(21)29-17-28-22/h6,8,14-15,17-18,20H,1-5,9-13,16H2,(H,27,34)(H,26,28,29)/t20-/m0/s1. The number of amides is 2. The molecule has 34 heavy (non-hydrogen) atoms. The minimum absolute atomic E-state index is 0.0604. The number of aromatic nitrogens is 5. The third-order valence-electron chi connectivity index (χ3n) is 6.84. The summed E-state index contributed by atoms with van der Waals surface area (Å²) in [6.07, 6.45) is 12.1. The smallest absolute Gasteiger partial charge is 0.317 e. The molecule has 2 fully saturated rings. The molecule has 10 heteroatoms. The van der Waals surface area contributed by atoms with Gasteiger partial charge in [-0.1, -0.05) is 0 Å². The van der Waals surface area contributed by atoms with Crippen LogP contribution in [-0.2, 0) is 6.54 Å². The number of nitrogens with one attached hydrogen (secondary N) is 2. The van der Waals surface area contributed by atoms with Crippen molar-refractivity contribution in [3.05, 3.63) is 31.0 Å². The average Bonchev–Trinajstić information content (AvgIpc) is 3.36. The lowest BCUT2D eigenvalue weighted by atomic mass is 10.1. The lowest BCUT2D eigenvalue weighted by Gasteiger charge is -2.39. The second kappa shape index (κ2) is 10.2. The summed E-state index contributed by atoms with van der Waals surface area (Å²) in [5.41, 5.74) is 2.63. The van der Waals surface area contributed by atoms with E-state index in [0.717, 1.165) is 74.4 Å². The van der Waals surface area contributed by atoms with Crippen LogP contribution in [-0.4, -0.2) is 79.3 Å². The first-order valence-electron chi connectivity index (χ1n) is 12.2. The topological polar surface area (TPSA) is 119 Å². The van der Waals surface area contributed by atoms with Gasteiger partial charge >= 0.3 is 6.03 Å². The van der Waals surface area contributed by atoms with Gasteiger partial charge in [0.05, 0.1) is 24.5 Å². The molecule has 5 rings (SSSR count). The second-order valence-electron chi connectivity index (χ2n) is 9.27. The van der Waals surface area contributed by atoms with Crippen molar-refractivity contribution >= 4 is 17.1 Å². The van der Waals surface area contributed by atoms with E-state index in [2.05, 4.69) is 36.3 Å². The van der Waals surface area contributed by atoms with Crippen molar-refractivity contribution in [1.82, 2.24) is 39.8 Å². The van der Waals surface area contributed by atoms with Crippen LogP contribution >= 0.6 is 0 Å². The lowest BCUT2D eigenvalue weighted by molar-refractivity contribution is 0.0935. The molecule has 1 aliphatic carbocycles. The summed E-state index contributed by atoms with van der Waals surface area (Å²) in [4.78, 5) is 28.7. The van der Waals surface area contributed by atoms with Crippen LogP contribution in [0.3, 0.4) is 0 Å². The monoisotopic (exact) mass is 461 g/mol. The van der Waals surface area contributed by atoms with E-state index in [9.17, 15) is 4.79 Å². The molecule has 1 aliphatic heterocycles. The first kappa shape index (κ1) is 22.3. The summed E-state index contributed by atoms with van der Waals surface area (Å²) < 4.78 is 1.97. The van der Waals surface area contributed by atoms with Crippen molar-refractivity contribution in [2.24, 2.45) is 5.92 Å². The third-order valence-corrected chi connectivity index (χ3v) is 6.84. The maximum absolute atomic E-state index is 12.5. The maximum atomic E-state index is 12.5. The molecule has 2 aliphatic rings. The van der Waals surface area contributed by atoms with Crippen molar-refractivity contribution in [3.8, 4) is 17.3 Å². The molecule has 2 N–H and O–H groups in total. The zero-order valence-corrected chi connectivity index (χ0v) is 19.4. The highest BCUT2D eigenvalue weighted by Gasteiger charge is 2.28. The Kier molecular flexibility index (Phi) is 6.72. The van der Waals surface area contributed by atoms with Gasteiger partial charge in [-0.25, -0.2) is 14.8 Å².